The van der Waals surface area contributed by atoms with Gasteiger partial charge in [0.05, 0.1) is 29.3 Å². The number of sulfonamides is 1. The van der Waals surface area contributed by atoms with Crippen molar-refractivity contribution in [3.05, 3.63) is 71.5 Å². The summed E-state index contributed by atoms with van der Waals surface area (Å²) in [4.78, 5) is 11.9. The predicted octanol–water partition coefficient (Wildman–Crippen LogP) is 4.83. The topological polar surface area (TPSA) is 81.5 Å². The number of esters is 1. The van der Waals surface area contributed by atoms with Gasteiger partial charge in [0.1, 0.15) is 6.54 Å². The third kappa shape index (κ3) is 5.17. The van der Waals surface area contributed by atoms with Crippen molar-refractivity contribution < 1.29 is 31.1 Å². The molecule has 0 unspecified atom stereocenters. The molecule has 0 radical (unpaired) electrons. The number of ether oxygens (including phenoxy) is 1. The van der Waals surface area contributed by atoms with Crippen molar-refractivity contribution in [3.63, 3.8) is 0 Å². The van der Waals surface area contributed by atoms with Crippen molar-refractivity contribution in [1.29, 1.82) is 0 Å². The number of hydrogen-bond donors (Lipinski definition) is 0. The second kappa shape index (κ2) is 10.1. The van der Waals surface area contributed by atoms with Crippen LogP contribution < -0.4 is 0 Å². The number of hydrogen-bond acceptors (Lipinski definition) is 5. The molecule has 4 rings (SSSR count). The number of rotatable bonds is 7. The molecule has 1 aliphatic carbocycles. The van der Waals surface area contributed by atoms with Crippen LogP contribution in [-0.2, 0) is 38.7 Å². The van der Waals surface area contributed by atoms with E-state index in [1.165, 1.54) is 41.7 Å². The van der Waals surface area contributed by atoms with Gasteiger partial charge in [0.2, 0.25) is 10.0 Å². The van der Waals surface area contributed by atoms with Gasteiger partial charge in [-0.15, -0.1) is 0 Å². The number of carbonyl (C=O) groups excluding carboxylic acids is 1. The van der Waals surface area contributed by atoms with Gasteiger partial charge in [0, 0.05) is 18.3 Å². The summed E-state index contributed by atoms with van der Waals surface area (Å²) in [6.07, 6.45) is -0.881. The highest BCUT2D eigenvalue weighted by molar-refractivity contribution is 7.89. The van der Waals surface area contributed by atoms with E-state index >= 15 is 0 Å². The van der Waals surface area contributed by atoms with Crippen molar-refractivity contribution in [2.45, 2.75) is 49.8 Å². The molecule has 0 spiro atoms. The maximum atomic E-state index is 13.4. The van der Waals surface area contributed by atoms with Gasteiger partial charge < -0.3 is 4.74 Å². The van der Waals surface area contributed by atoms with Crippen LogP contribution in [0.25, 0.3) is 11.1 Å². The molecule has 1 heterocycles. The molecule has 0 saturated carbocycles. The smallest absolute Gasteiger partial charge is 0.416 e. The Morgan fingerprint density at radius 1 is 1.17 bits per heavy atom. The average Bonchev–Trinajstić information content (AvgIpc) is 3.26. The molecule has 1 aromatic heterocycles. The summed E-state index contributed by atoms with van der Waals surface area (Å²) in [6.45, 7) is 1.94. The summed E-state index contributed by atoms with van der Waals surface area (Å²) in [7, 11) is -2.41. The molecule has 0 saturated heterocycles. The Bertz CT molecular complexity index is 1350. The highest BCUT2D eigenvalue weighted by atomic mass is 32.2. The highest BCUT2D eigenvalue weighted by Gasteiger charge is 2.34. The van der Waals surface area contributed by atoms with Crippen LogP contribution in [0.1, 0.15) is 42.6 Å². The van der Waals surface area contributed by atoms with E-state index in [1.807, 2.05) is 0 Å². The molecular formula is C25H26F3N3O4S. The second-order valence-corrected chi connectivity index (χ2v) is 10.5. The molecule has 0 fully saturated rings. The first kappa shape index (κ1) is 25.9. The molecule has 0 bridgehead atoms. The Morgan fingerprint density at radius 3 is 2.56 bits per heavy atom. The monoisotopic (exact) mass is 521 g/mol. The van der Waals surface area contributed by atoms with Crippen LogP contribution in [0.5, 0.6) is 0 Å². The van der Waals surface area contributed by atoms with E-state index in [2.05, 4.69) is 5.10 Å². The third-order valence-corrected chi connectivity index (χ3v) is 8.19. The van der Waals surface area contributed by atoms with Gasteiger partial charge in [-0.25, -0.2) is 8.42 Å². The van der Waals surface area contributed by atoms with Gasteiger partial charge >= 0.3 is 12.1 Å². The fourth-order valence-corrected chi connectivity index (χ4v) is 5.83. The molecule has 0 aliphatic heterocycles. The summed E-state index contributed by atoms with van der Waals surface area (Å²) in [5.41, 5.74) is 1.60. The lowest BCUT2D eigenvalue weighted by atomic mass is 9.93. The first-order chi connectivity index (χ1) is 17.0. The fourth-order valence-electron chi connectivity index (χ4n) is 4.47. The average molecular weight is 522 g/mol. The minimum absolute atomic E-state index is 0.0340. The van der Waals surface area contributed by atoms with Gasteiger partial charge in [-0.1, -0.05) is 24.3 Å². The van der Waals surface area contributed by atoms with E-state index in [9.17, 15) is 26.4 Å². The van der Waals surface area contributed by atoms with E-state index in [4.69, 9.17) is 4.74 Å². The van der Waals surface area contributed by atoms with Gasteiger partial charge in [-0.2, -0.15) is 22.6 Å². The highest BCUT2D eigenvalue weighted by Crippen LogP contribution is 2.37. The summed E-state index contributed by atoms with van der Waals surface area (Å²) >= 11 is 0. The maximum Gasteiger partial charge on any atom is 0.416 e. The van der Waals surface area contributed by atoms with Gasteiger partial charge in [-0.3, -0.25) is 9.48 Å². The van der Waals surface area contributed by atoms with E-state index in [1.54, 1.807) is 23.9 Å². The first-order valence-electron chi connectivity index (χ1n) is 11.5. The van der Waals surface area contributed by atoms with Crippen LogP contribution in [-0.4, -0.2) is 42.1 Å². The molecular weight excluding hydrogens is 495 g/mol. The summed E-state index contributed by atoms with van der Waals surface area (Å²) < 4.78 is 73.9. The molecule has 0 N–H and O–H groups in total. The fraction of sp³-hybridized carbons (Fsp3) is 0.360. The zero-order valence-electron chi connectivity index (χ0n) is 19.8. The number of aromatic nitrogens is 2. The Labute approximate surface area is 207 Å². The quantitative estimate of drug-likeness (QED) is 0.416. The van der Waals surface area contributed by atoms with E-state index < -0.39 is 33.8 Å². The summed E-state index contributed by atoms with van der Waals surface area (Å²) in [5.74, 6) is -0.410. The van der Waals surface area contributed by atoms with Crippen molar-refractivity contribution >= 4 is 16.0 Å². The molecule has 1 atom stereocenters. The van der Waals surface area contributed by atoms with Crippen molar-refractivity contribution in [3.8, 4) is 11.1 Å². The number of fused-ring (bicyclic) bond motifs is 1. The van der Waals surface area contributed by atoms with Gasteiger partial charge in [-0.05, 0) is 61.6 Å². The van der Waals surface area contributed by atoms with Crippen LogP contribution in [0.2, 0.25) is 0 Å². The minimum Gasteiger partial charge on any atom is -0.465 e. The summed E-state index contributed by atoms with van der Waals surface area (Å²) in [6, 6.07) is 10.2. The van der Waals surface area contributed by atoms with Gasteiger partial charge in [0.25, 0.3) is 0 Å². The first-order valence-corrected chi connectivity index (χ1v) is 12.9. The zero-order chi connectivity index (χ0) is 26.1. The number of alkyl halides is 3. The SMILES string of the molecule is CCOC(=O)Cn1ncc2c1CCC[C@H]2N(C)S(=O)(=O)c1ccc(-c2cccc(C(F)(F)F)c2)cc1. The van der Waals surface area contributed by atoms with Crippen molar-refractivity contribution in [2.75, 3.05) is 13.7 Å². The van der Waals surface area contributed by atoms with Crippen molar-refractivity contribution in [2.24, 2.45) is 0 Å². The number of nitrogens with zero attached hydrogens (tertiary/aromatic N) is 3. The molecule has 0 amide bonds. The standard InChI is InChI=1S/C25H26F3N3O4S/c1-3-35-24(32)16-31-23-9-5-8-22(21(23)15-29-31)30(2)36(33,34)20-12-10-17(11-13-20)18-6-4-7-19(14-18)25(26,27)28/h4,6-7,10-15,22H,3,5,8-9,16H2,1-2H3/t22-/m1/s1. The summed E-state index contributed by atoms with van der Waals surface area (Å²) in [5, 5.41) is 4.29. The van der Waals surface area contributed by atoms with Crippen LogP contribution in [0.4, 0.5) is 13.2 Å². The Hall–Kier alpha value is -3.18. The predicted molar refractivity (Wildman–Crippen MR) is 126 cm³/mol. The number of carbonyl (C=O) groups is 1. The molecule has 2 aromatic carbocycles. The molecule has 3 aromatic rings. The second-order valence-electron chi connectivity index (χ2n) is 8.54. The number of halogens is 3. The van der Waals surface area contributed by atoms with Crippen LogP contribution in [0.3, 0.4) is 0 Å². The van der Waals surface area contributed by atoms with E-state index in [-0.39, 0.29) is 18.0 Å². The normalized spacial score (nSPS) is 16.1. The lowest BCUT2D eigenvalue weighted by molar-refractivity contribution is -0.144. The third-order valence-electron chi connectivity index (χ3n) is 6.31. The van der Waals surface area contributed by atoms with E-state index in [0.717, 1.165) is 29.8 Å². The maximum absolute atomic E-state index is 13.4. The lowest BCUT2D eigenvalue weighted by Crippen LogP contribution is -2.33. The molecule has 1 aliphatic rings. The van der Waals surface area contributed by atoms with Crippen LogP contribution >= 0.6 is 0 Å². The van der Waals surface area contributed by atoms with E-state index in [0.29, 0.717) is 24.0 Å². The largest absolute Gasteiger partial charge is 0.465 e. The molecule has 7 nitrogen and oxygen atoms in total. The lowest BCUT2D eigenvalue weighted by Gasteiger charge is -2.31. The Kier molecular flexibility index (Phi) is 7.24. The Balaban J connectivity index is 1.57. The molecule has 11 heteroatoms. The van der Waals surface area contributed by atoms with Crippen molar-refractivity contribution in [1.82, 2.24) is 14.1 Å². The number of benzene rings is 2. The minimum atomic E-state index is -4.47. The van der Waals surface area contributed by atoms with Gasteiger partial charge in [0.15, 0.2) is 0 Å². The molecule has 36 heavy (non-hydrogen) atoms. The zero-order valence-corrected chi connectivity index (χ0v) is 20.6. The Morgan fingerprint density at radius 2 is 1.89 bits per heavy atom. The molecule has 192 valence electrons. The van der Waals surface area contributed by atoms with Crippen LogP contribution in [0.15, 0.2) is 59.6 Å². The van der Waals surface area contributed by atoms with Crippen LogP contribution in [0, 0.1) is 0 Å².